The summed E-state index contributed by atoms with van der Waals surface area (Å²) >= 11 is 0. The van der Waals surface area contributed by atoms with Gasteiger partial charge in [0.15, 0.2) is 0 Å². The van der Waals surface area contributed by atoms with E-state index < -0.39 is 0 Å². The van der Waals surface area contributed by atoms with Gasteiger partial charge in [-0.25, -0.2) is 0 Å². The number of aryl methyl sites for hydroxylation is 3. The summed E-state index contributed by atoms with van der Waals surface area (Å²) in [7, 11) is 0. The average Bonchev–Trinajstić information content (AvgIpc) is 2.69. The van der Waals surface area contributed by atoms with Crippen LogP contribution < -0.4 is 10.6 Å². The van der Waals surface area contributed by atoms with Crippen molar-refractivity contribution in [1.29, 1.82) is 0 Å². The number of pyridine rings is 1. The predicted octanol–water partition coefficient (Wildman–Crippen LogP) is 4.19. The van der Waals surface area contributed by atoms with Gasteiger partial charge in [-0.2, -0.15) is 0 Å². The molecule has 3 rings (SSSR count). The molecular formula is C23H23N3O2. The monoisotopic (exact) mass is 373 g/mol. The summed E-state index contributed by atoms with van der Waals surface area (Å²) in [6, 6.07) is 16.8. The molecule has 0 fully saturated rings. The van der Waals surface area contributed by atoms with E-state index >= 15 is 0 Å². The van der Waals surface area contributed by atoms with Gasteiger partial charge in [0.25, 0.3) is 11.8 Å². The maximum Gasteiger partial charge on any atom is 0.270 e. The second kappa shape index (κ2) is 8.48. The molecule has 3 aromatic rings. The summed E-state index contributed by atoms with van der Waals surface area (Å²) in [4.78, 5) is 29.0. The molecule has 5 heteroatoms. The van der Waals surface area contributed by atoms with Gasteiger partial charge in [0, 0.05) is 24.0 Å². The molecule has 0 aliphatic carbocycles. The molecule has 28 heavy (non-hydrogen) atoms. The molecule has 1 heterocycles. The van der Waals surface area contributed by atoms with Gasteiger partial charge in [0.2, 0.25) is 0 Å². The van der Waals surface area contributed by atoms with E-state index in [1.54, 1.807) is 6.07 Å². The van der Waals surface area contributed by atoms with Crippen LogP contribution >= 0.6 is 0 Å². The Morgan fingerprint density at radius 2 is 1.71 bits per heavy atom. The fourth-order valence-corrected chi connectivity index (χ4v) is 2.81. The number of aromatic nitrogens is 1. The van der Waals surface area contributed by atoms with Crippen molar-refractivity contribution in [3.8, 4) is 0 Å². The molecule has 0 bridgehead atoms. The van der Waals surface area contributed by atoms with Gasteiger partial charge in [0.05, 0.1) is 0 Å². The molecule has 2 amide bonds. The summed E-state index contributed by atoms with van der Waals surface area (Å²) in [5.74, 6) is -0.597. The number of rotatable bonds is 5. The summed E-state index contributed by atoms with van der Waals surface area (Å²) < 4.78 is 0. The number of anilines is 1. The lowest BCUT2D eigenvalue weighted by Crippen LogP contribution is -2.24. The zero-order chi connectivity index (χ0) is 20.1. The van der Waals surface area contributed by atoms with Crippen LogP contribution in [0.15, 0.2) is 60.8 Å². The quantitative estimate of drug-likeness (QED) is 0.704. The largest absolute Gasteiger partial charge is 0.347 e. The first-order valence-corrected chi connectivity index (χ1v) is 9.11. The molecule has 1 aromatic heterocycles. The van der Waals surface area contributed by atoms with Crippen molar-refractivity contribution >= 4 is 17.5 Å². The molecule has 0 aliphatic heterocycles. The summed E-state index contributed by atoms with van der Waals surface area (Å²) in [5, 5.41) is 5.70. The van der Waals surface area contributed by atoms with Gasteiger partial charge in [-0.15, -0.1) is 0 Å². The normalized spacial score (nSPS) is 10.4. The molecule has 0 aliphatic rings. The molecular weight excluding hydrogens is 350 g/mol. The second-order valence-corrected chi connectivity index (χ2v) is 6.85. The number of benzene rings is 2. The third kappa shape index (κ3) is 4.82. The second-order valence-electron chi connectivity index (χ2n) is 6.85. The van der Waals surface area contributed by atoms with Gasteiger partial charge < -0.3 is 10.6 Å². The summed E-state index contributed by atoms with van der Waals surface area (Å²) in [6.07, 6.45) is 1.47. The van der Waals surface area contributed by atoms with E-state index in [1.165, 1.54) is 12.3 Å². The van der Waals surface area contributed by atoms with Crippen molar-refractivity contribution in [1.82, 2.24) is 10.3 Å². The zero-order valence-electron chi connectivity index (χ0n) is 16.2. The first-order valence-electron chi connectivity index (χ1n) is 9.11. The van der Waals surface area contributed by atoms with Gasteiger partial charge in [-0.05, 0) is 61.7 Å². The zero-order valence-corrected chi connectivity index (χ0v) is 16.2. The van der Waals surface area contributed by atoms with Crippen LogP contribution in [-0.4, -0.2) is 16.8 Å². The highest BCUT2D eigenvalue weighted by Gasteiger charge is 2.12. The van der Waals surface area contributed by atoms with Gasteiger partial charge in [0.1, 0.15) is 5.69 Å². The van der Waals surface area contributed by atoms with Crippen LogP contribution in [0.25, 0.3) is 0 Å². The molecule has 5 nitrogen and oxygen atoms in total. The standard InChI is InChI=1S/C23H23N3O2/c1-15-5-4-6-18(11-15)14-25-23(28)21-13-19(9-10-24-21)22(27)26-20-8-7-16(2)17(3)12-20/h4-13H,14H2,1-3H3,(H,25,28)(H,26,27). The molecule has 0 radical (unpaired) electrons. The molecule has 2 aromatic carbocycles. The molecule has 0 unspecified atom stereocenters. The van der Waals surface area contributed by atoms with E-state index in [2.05, 4.69) is 15.6 Å². The number of carbonyl (C=O) groups is 2. The average molecular weight is 373 g/mol. The van der Waals surface area contributed by atoms with Crippen molar-refractivity contribution < 1.29 is 9.59 Å². The molecule has 142 valence electrons. The maximum absolute atomic E-state index is 12.5. The van der Waals surface area contributed by atoms with E-state index in [0.717, 1.165) is 27.9 Å². The van der Waals surface area contributed by atoms with Crippen molar-refractivity contribution in [2.75, 3.05) is 5.32 Å². The van der Waals surface area contributed by atoms with Gasteiger partial charge in [-0.1, -0.05) is 35.9 Å². The van der Waals surface area contributed by atoms with Gasteiger partial charge in [-0.3, -0.25) is 14.6 Å². The van der Waals surface area contributed by atoms with Crippen molar-refractivity contribution in [2.45, 2.75) is 27.3 Å². The van der Waals surface area contributed by atoms with E-state index in [4.69, 9.17) is 0 Å². The van der Waals surface area contributed by atoms with E-state index in [-0.39, 0.29) is 17.5 Å². The van der Waals surface area contributed by atoms with E-state index in [9.17, 15) is 9.59 Å². The first-order chi connectivity index (χ1) is 13.4. The lowest BCUT2D eigenvalue weighted by Gasteiger charge is -2.09. The minimum absolute atomic E-state index is 0.209. The molecule has 0 saturated heterocycles. The summed E-state index contributed by atoms with van der Waals surface area (Å²) in [5.41, 5.74) is 5.72. The summed E-state index contributed by atoms with van der Waals surface area (Å²) in [6.45, 7) is 6.42. The van der Waals surface area contributed by atoms with Crippen LogP contribution in [-0.2, 0) is 6.54 Å². The maximum atomic E-state index is 12.5. The van der Waals surface area contributed by atoms with Crippen molar-refractivity contribution in [3.63, 3.8) is 0 Å². The predicted molar refractivity (Wildman–Crippen MR) is 110 cm³/mol. The van der Waals surface area contributed by atoms with Crippen molar-refractivity contribution in [3.05, 3.63) is 94.3 Å². The highest BCUT2D eigenvalue weighted by molar-refractivity contribution is 6.05. The van der Waals surface area contributed by atoms with Crippen LogP contribution in [0.5, 0.6) is 0 Å². The number of nitrogens with one attached hydrogen (secondary N) is 2. The first kappa shape index (κ1) is 19.3. The van der Waals surface area contributed by atoms with Crippen LogP contribution in [0.3, 0.4) is 0 Å². The minimum Gasteiger partial charge on any atom is -0.347 e. The third-order valence-electron chi connectivity index (χ3n) is 4.56. The molecule has 0 atom stereocenters. The number of amides is 2. The van der Waals surface area contributed by atoms with Gasteiger partial charge >= 0.3 is 0 Å². The Morgan fingerprint density at radius 3 is 2.46 bits per heavy atom. The Bertz CT molecular complexity index is 1030. The highest BCUT2D eigenvalue weighted by Crippen LogP contribution is 2.15. The van der Waals surface area contributed by atoms with Crippen LogP contribution in [0, 0.1) is 20.8 Å². The molecule has 0 saturated carbocycles. The molecule has 0 spiro atoms. The Hall–Kier alpha value is -3.47. The number of carbonyl (C=O) groups excluding carboxylic acids is 2. The fraction of sp³-hybridized carbons (Fsp3) is 0.174. The lowest BCUT2D eigenvalue weighted by atomic mass is 10.1. The van der Waals surface area contributed by atoms with E-state index in [1.807, 2.05) is 63.2 Å². The number of nitrogens with zero attached hydrogens (tertiary/aromatic N) is 1. The topological polar surface area (TPSA) is 71.1 Å². The number of hydrogen-bond donors (Lipinski definition) is 2. The molecule has 2 N–H and O–H groups in total. The fourth-order valence-electron chi connectivity index (χ4n) is 2.81. The lowest BCUT2D eigenvalue weighted by molar-refractivity contribution is 0.0946. The Balaban J connectivity index is 1.67. The van der Waals surface area contributed by atoms with Crippen LogP contribution in [0.4, 0.5) is 5.69 Å². The minimum atomic E-state index is -0.317. The van der Waals surface area contributed by atoms with E-state index in [0.29, 0.717) is 12.1 Å². The van der Waals surface area contributed by atoms with Crippen molar-refractivity contribution in [2.24, 2.45) is 0 Å². The van der Waals surface area contributed by atoms with Crippen LogP contribution in [0.2, 0.25) is 0 Å². The Morgan fingerprint density at radius 1 is 0.893 bits per heavy atom. The SMILES string of the molecule is Cc1cccc(CNC(=O)c2cc(C(=O)Nc3ccc(C)c(C)c3)ccn2)c1. The highest BCUT2D eigenvalue weighted by atomic mass is 16.2. The Labute approximate surface area is 164 Å². The third-order valence-corrected chi connectivity index (χ3v) is 4.56. The Kier molecular flexibility index (Phi) is 5.84. The number of hydrogen-bond acceptors (Lipinski definition) is 3. The van der Waals surface area contributed by atoms with Crippen LogP contribution in [0.1, 0.15) is 43.1 Å². The smallest absolute Gasteiger partial charge is 0.270 e.